The second-order valence-electron chi connectivity index (χ2n) is 4.12. The van der Waals surface area contributed by atoms with Crippen LogP contribution in [0, 0.1) is 6.92 Å². The van der Waals surface area contributed by atoms with Crippen LogP contribution in [0.15, 0.2) is 18.2 Å². The highest BCUT2D eigenvalue weighted by molar-refractivity contribution is 6.32. The first kappa shape index (κ1) is 14.3. The van der Waals surface area contributed by atoms with E-state index in [-0.39, 0.29) is 12.3 Å². The minimum absolute atomic E-state index is 0.185. The van der Waals surface area contributed by atoms with Crippen molar-refractivity contribution in [2.75, 3.05) is 6.54 Å². The third-order valence-corrected chi connectivity index (χ3v) is 2.87. The molecule has 2 unspecified atom stereocenters. The van der Waals surface area contributed by atoms with Gasteiger partial charge in [0.2, 0.25) is 0 Å². The van der Waals surface area contributed by atoms with E-state index in [1.807, 2.05) is 32.9 Å². The molecule has 0 amide bonds. The molecule has 4 heteroatoms. The number of ether oxygens (including phenoxy) is 1. The van der Waals surface area contributed by atoms with Crippen LogP contribution in [0.25, 0.3) is 0 Å². The Morgan fingerprint density at radius 1 is 1.47 bits per heavy atom. The van der Waals surface area contributed by atoms with Gasteiger partial charge >= 0.3 is 0 Å². The van der Waals surface area contributed by atoms with Gasteiger partial charge < -0.3 is 9.84 Å². The van der Waals surface area contributed by atoms with Gasteiger partial charge in [-0.3, -0.25) is 5.32 Å². The Morgan fingerprint density at radius 3 is 2.76 bits per heavy atom. The summed E-state index contributed by atoms with van der Waals surface area (Å²) < 4.78 is 5.72. The predicted molar refractivity (Wildman–Crippen MR) is 70.6 cm³/mol. The zero-order valence-corrected chi connectivity index (χ0v) is 11.3. The van der Waals surface area contributed by atoms with Crippen LogP contribution in [0.3, 0.4) is 0 Å². The van der Waals surface area contributed by atoms with Crippen molar-refractivity contribution in [3.8, 4) is 5.75 Å². The lowest BCUT2D eigenvalue weighted by atomic mass is 10.2. The molecule has 1 aromatic carbocycles. The van der Waals surface area contributed by atoms with Gasteiger partial charge in [0.25, 0.3) is 0 Å². The zero-order valence-electron chi connectivity index (χ0n) is 10.5. The van der Waals surface area contributed by atoms with E-state index in [2.05, 4.69) is 5.32 Å². The molecule has 0 aliphatic carbocycles. The standard InChI is InChI=1S/C13H20ClNO2/c1-4-11(16)8-15-10(3)17-13-9(2)6-5-7-12(13)14/h5-7,10-11,15-16H,4,8H2,1-3H3. The third kappa shape index (κ3) is 4.54. The van der Waals surface area contributed by atoms with Crippen LogP contribution >= 0.6 is 11.6 Å². The number of nitrogens with one attached hydrogen (secondary N) is 1. The molecule has 0 heterocycles. The highest BCUT2D eigenvalue weighted by Gasteiger charge is 2.10. The number of benzene rings is 1. The van der Waals surface area contributed by atoms with Crippen LogP contribution in [-0.4, -0.2) is 24.0 Å². The van der Waals surface area contributed by atoms with Crippen LogP contribution in [-0.2, 0) is 0 Å². The summed E-state index contributed by atoms with van der Waals surface area (Å²) in [4.78, 5) is 0. The maximum absolute atomic E-state index is 9.44. The molecule has 2 N–H and O–H groups in total. The van der Waals surface area contributed by atoms with E-state index in [1.165, 1.54) is 0 Å². The van der Waals surface area contributed by atoms with Gasteiger partial charge in [0.1, 0.15) is 12.0 Å². The second-order valence-corrected chi connectivity index (χ2v) is 4.52. The van der Waals surface area contributed by atoms with Crippen LogP contribution in [0.1, 0.15) is 25.8 Å². The fourth-order valence-corrected chi connectivity index (χ4v) is 1.70. The molecule has 0 spiro atoms. The highest BCUT2D eigenvalue weighted by Crippen LogP contribution is 2.28. The molecule has 17 heavy (non-hydrogen) atoms. The van der Waals surface area contributed by atoms with Gasteiger partial charge in [-0.2, -0.15) is 0 Å². The maximum atomic E-state index is 9.44. The molecule has 0 radical (unpaired) electrons. The number of aliphatic hydroxyl groups is 1. The second kappa shape index (κ2) is 6.84. The molecule has 96 valence electrons. The fraction of sp³-hybridized carbons (Fsp3) is 0.538. The van der Waals surface area contributed by atoms with Gasteiger partial charge in [0.05, 0.1) is 11.1 Å². The number of hydrogen-bond acceptors (Lipinski definition) is 3. The largest absolute Gasteiger partial charge is 0.474 e. The fourth-order valence-electron chi connectivity index (χ4n) is 1.43. The molecular weight excluding hydrogens is 238 g/mol. The van der Waals surface area contributed by atoms with E-state index in [0.29, 0.717) is 17.3 Å². The lowest BCUT2D eigenvalue weighted by Gasteiger charge is -2.20. The van der Waals surface area contributed by atoms with Crippen molar-refractivity contribution in [2.24, 2.45) is 0 Å². The summed E-state index contributed by atoms with van der Waals surface area (Å²) in [7, 11) is 0. The molecule has 0 aromatic heterocycles. The number of hydrogen-bond donors (Lipinski definition) is 2. The smallest absolute Gasteiger partial charge is 0.147 e. The molecule has 0 saturated heterocycles. The van der Waals surface area contributed by atoms with Crippen molar-refractivity contribution in [3.63, 3.8) is 0 Å². The molecule has 1 rings (SSSR count). The van der Waals surface area contributed by atoms with Gasteiger partial charge in [-0.1, -0.05) is 30.7 Å². The lowest BCUT2D eigenvalue weighted by molar-refractivity contribution is 0.124. The monoisotopic (exact) mass is 257 g/mol. The van der Waals surface area contributed by atoms with E-state index in [1.54, 1.807) is 6.07 Å². The summed E-state index contributed by atoms with van der Waals surface area (Å²) in [6, 6.07) is 5.65. The van der Waals surface area contributed by atoms with Crippen molar-refractivity contribution in [1.29, 1.82) is 0 Å². The molecule has 0 saturated carbocycles. The first-order chi connectivity index (χ1) is 8.04. The molecular formula is C13H20ClNO2. The average molecular weight is 258 g/mol. The SMILES string of the molecule is CCC(O)CNC(C)Oc1c(C)cccc1Cl. The highest BCUT2D eigenvalue weighted by atomic mass is 35.5. The third-order valence-electron chi connectivity index (χ3n) is 2.57. The topological polar surface area (TPSA) is 41.5 Å². The number of aliphatic hydroxyl groups excluding tert-OH is 1. The van der Waals surface area contributed by atoms with Gasteiger partial charge in [0, 0.05) is 6.54 Å². The van der Waals surface area contributed by atoms with Crippen molar-refractivity contribution < 1.29 is 9.84 Å². The predicted octanol–water partition coefficient (Wildman–Crippen LogP) is 2.73. The van der Waals surface area contributed by atoms with Crippen molar-refractivity contribution in [2.45, 2.75) is 39.5 Å². The maximum Gasteiger partial charge on any atom is 0.147 e. The normalized spacial score (nSPS) is 14.4. The Morgan fingerprint density at radius 2 is 2.18 bits per heavy atom. The molecule has 0 fully saturated rings. The quantitative estimate of drug-likeness (QED) is 0.770. The van der Waals surface area contributed by atoms with Gasteiger partial charge in [-0.25, -0.2) is 0 Å². The summed E-state index contributed by atoms with van der Waals surface area (Å²) >= 11 is 6.06. The van der Waals surface area contributed by atoms with E-state index < -0.39 is 0 Å². The first-order valence-electron chi connectivity index (χ1n) is 5.87. The average Bonchev–Trinajstić information content (AvgIpc) is 2.31. The van der Waals surface area contributed by atoms with E-state index >= 15 is 0 Å². The van der Waals surface area contributed by atoms with Crippen LogP contribution in [0.2, 0.25) is 5.02 Å². The Hall–Kier alpha value is -0.770. The van der Waals surface area contributed by atoms with E-state index in [9.17, 15) is 5.11 Å². The molecule has 3 nitrogen and oxygen atoms in total. The van der Waals surface area contributed by atoms with Crippen molar-refractivity contribution >= 4 is 11.6 Å². The molecule has 2 atom stereocenters. The molecule has 1 aromatic rings. The number of halogens is 1. The summed E-state index contributed by atoms with van der Waals surface area (Å²) in [6.07, 6.45) is 0.202. The Bertz CT molecular complexity index is 337. The number of para-hydroxylation sites is 1. The van der Waals surface area contributed by atoms with Gasteiger partial charge in [0.15, 0.2) is 0 Å². The summed E-state index contributed by atoms with van der Waals surface area (Å²) in [5.74, 6) is 0.695. The molecule has 0 bridgehead atoms. The van der Waals surface area contributed by atoms with Crippen molar-refractivity contribution in [1.82, 2.24) is 5.32 Å². The first-order valence-corrected chi connectivity index (χ1v) is 6.25. The van der Waals surface area contributed by atoms with E-state index in [0.717, 1.165) is 12.0 Å². The summed E-state index contributed by atoms with van der Waals surface area (Å²) in [5.41, 5.74) is 1.00. The number of rotatable bonds is 6. The number of aryl methyl sites for hydroxylation is 1. The zero-order chi connectivity index (χ0) is 12.8. The Labute approximate surface area is 108 Å². The molecule has 0 aliphatic rings. The Kier molecular flexibility index (Phi) is 5.75. The summed E-state index contributed by atoms with van der Waals surface area (Å²) in [5, 5.41) is 13.1. The Balaban J connectivity index is 2.53. The van der Waals surface area contributed by atoms with Crippen LogP contribution in [0.5, 0.6) is 5.75 Å². The minimum Gasteiger partial charge on any atom is -0.474 e. The van der Waals surface area contributed by atoms with E-state index in [4.69, 9.17) is 16.3 Å². The van der Waals surface area contributed by atoms with Crippen molar-refractivity contribution in [3.05, 3.63) is 28.8 Å². The van der Waals surface area contributed by atoms with Gasteiger partial charge in [-0.05, 0) is 31.9 Å². The lowest BCUT2D eigenvalue weighted by Crippen LogP contribution is -2.37. The molecule has 0 aliphatic heterocycles. The summed E-state index contributed by atoms with van der Waals surface area (Å²) in [6.45, 7) is 6.30. The van der Waals surface area contributed by atoms with Gasteiger partial charge in [-0.15, -0.1) is 0 Å². The minimum atomic E-state index is -0.339. The van der Waals surface area contributed by atoms with Crippen LogP contribution < -0.4 is 10.1 Å². The van der Waals surface area contributed by atoms with Crippen LogP contribution in [0.4, 0.5) is 0 Å².